The Morgan fingerprint density at radius 3 is 2.40 bits per heavy atom. The second-order valence-electron chi connectivity index (χ2n) is 8.13. The Kier molecular flexibility index (Phi) is 6.46. The number of phenolic OH excluding ortho intramolecular Hbond substituents is 1. The number of pyridine rings is 1. The smallest absolute Gasteiger partial charge is 0.252 e. The Bertz CT molecular complexity index is 1510. The van der Waals surface area contributed by atoms with E-state index >= 15 is 0 Å². The zero-order chi connectivity index (χ0) is 25.1. The molecule has 8 heteroatoms. The minimum atomic E-state index is -0.907. The number of aromatic nitrogens is 1. The van der Waals surface area contributed by atoms with E-state index in [9.17, 15) is 24.3 Å². The summed E-state index contributed by atoms with van der Waals surface area (Å²) in [4.78, 5) is 52.4. The summed E-state index contributed by atoms with van der Waals surface area (Å²) in [5.74, 6) is -1.43. The first-order chi connectivity index (χ1) is 16.7. The van der Waals surface area contributed by atoms with Gasteiger partial charge in [0.1, 0.15) is 11.8 Å². The first-order valence-corrected chi connectivity index (χ1v) is 10.9. The van der Waals surface area contributed by atoms with Crippen molar-refractivity contribution in [1.29, 1.82) is 0 Å². The number of H-pyrrole nitrogens is 1. The van der Waals surface area contributed by atoms with Crippen LogP contribution in [0.3, 0.4) is 0 Å². The summed E-state index contributed by atoms with van der Waals surface area (Å²) >= 11 is 0. The minimum absolute atomic E-state index is 0.0307. The second-order valence-corrected chi connectivity index (χ2v) is 8.13. The van der Waals surface area contributed by atoms with Gasteiger partial charge in [-0.15, -0.1) is 0 Å². The molecule has 2 amide bonds. The summed E-state index contributed by atoms with van der Waals surface area (Å²) in [6, 6.07) is 17.6. The van der Waals surface area contributed by atoms with Crippen molar-refractivity contribution in [2.45, 2.75) is 19.9 Å². The molecule has 0 unspecified atom stereocenters. The normalized spacial score (nSPS) is 11.6. The molecule has 0 radical (unpaired) electrons. The van der Waals surface area contributed by atoms with Gasteiger partial charge in [0.05, 0.1) is 5.56 Å². The van der Waals surface area contributed by atoms with E-state index in [2.05, 4.69) is 15.6 Å². The van der Waals surface area contributed by atoms with Crippen molar-refractivity contribution >= 4 is 34.2 Å². The van der Waals surface area contributed by atoms with Gasteiger partial charge in [-0.25, -0.2) is 0 Å². The largest absolute Gasteiger partial charge is 0.507 e. The van der Waals surface area contributed by atoms with Crippen molar-refractivity contribution < 1.29 is 19.5 Å². The van der Waals surface area contributed by atoms with E-state index in [0.717, 1.165) is 5.56 Å². The first kappa shape index (κ1) is 23.4. The van der Waals surface area contributed by atoms with Crippen LogP contribution in [0.25, 0.3) is 22.0 Å². The molecule has 0 bridgehead atoms. The number of anilines is 1. The topological polar surface area (TPSA) is 128 Å². The number of phenols is 1. The van der Waals surface area contributed by atoms with Gasteiger partial charge in [0.25, 0.3) is 5.91 Å². The number of benzene rings is 3. The van der Waals surface area contributed by atoms with Gasteiger partial charge in [-0.05, 0) is 55.8 Å². The number of aromatic hydroxyl groups is 1. The van der Waals surface area contributed by atoms with E-state index in [-0.39, 0.29) is 28.0 Å². The molecular formula is C27H23N3O5. The third-order valence-corrected chi connectivity index (χ3v) is 5.61. The molecule has 8 nitrogen and oxygen atoms in total. The maximum atomic E-state index is 12.7. The van der Waals surface area contributed by atoms with Crippen molar-refractivity contribution in [2.24, 2.45) is 0 Å². The lowest BCUT2D eigenvalue weighted by Gasteiger charge is -2.15. The van der Waals surface area contributed by atoms with Crippen molar-refractivity contribution in [3.05, 3.63) is 94.3 Å². The molecule has 1 heterocycles. The fraction of sp³-hybridized carbons (Fsp3) is 0.111. The Labute approximate surface area is 200 Å². The molecule has 4 N–H and O–H groups in total. The number of carbonyl (C=O) groups is 3. The predicted molar refractivity (Wildman–Crippen MR) is 134 cm³/mol. The van der Waals surface area contributed by atoms with Gasteiger partial charge in [0.15, 0.2) is 11.2 Å². The summed E-state index contributed by atoms with van der Waals surface area (Å²) in [7, 11) is 0. The summed E-state index contributed by atoms with van der Waals surface area (Å²) in [5.41, 5.74) is 2.08. The van der Waals surface area contributed by atoms with Crippen LogP contribution in [0, 0.1) is 0 Å². The van der Waals surface area contributed by atoms with Crippen LogP contribution in [-0.2, 0) is 4.79 Å². The van der Waals surface area contributed by atoms with Crippen LogP contribution in [0.2, 0.25) is 0 Å². The molecule has 0 aliphatic rings. The molecule has 4 rings (SSSR count). The molecule has 0 aliphatic heterocycles. The van der Waals surface area contributed by atoms with Gasteiger partial charge >= 0.3 is 0 Å². The standard InChI is InChI=1S/C27H23N3O5/c1-15(29-27(35)18-8-10-20(24(32)12-18)17-6-4-3-5-7-17)26(34)30-19-9-11-23-21(13-19)25(33)22(14-28-23)16(2)31/h3-15,32H,1-2H3,(H,28,33)(H,29,35)(H,30,34)/t15-/m0/s1. The van der Waals surface area contributed by atoms with Crippen molar-refractivity contribution in [2.75, 3.05) is 5.32 Å². The summed E-state index contributed by atoms with van der Waals surface area (Å²) < 4.78 is 0. The van der Waals surface area contributed by atoms with E-state index in [4.69, 9.17) is 0 Å². The molecule has 0 saturated heterocycles. The van der Waals surface area contributed by atoms with Crippen molar-refractivity contribution in [3.8, 4) is 16.9 Å². The molecule has 4 aromatic rings. The fourth-order valence-electron chi connectivity index (χ4n) is 3.69. The number of Topliss-reactive ketones (excluding diaryl/α,β-unsaturated/α-hetero) is 1. The van der Waals surface area contributed by atoms with E-state index in [1.807, 2.05) is 30.3 Å². The molecule has 0 fully saturated rings. The number of carbonyl (C=O) groups excluding carboxylic acids is 3. The van der Waals surface area contributed by atoms with Crippen LogP contribution in [-0.4, -0.2) is 33.7 Å². The number of nitrogens with one attached hydrogen (secondary N) is 3. The van der Waals surface area contributed by atoms with E-state index in [1.165, 1.54) is 32.2 Å². The quantitative estimate of drug-likeness (QED) is 0.319. The van der Waals surface area contributed by atoms with E-state index < -0.39 is 23.3 Å². The van der Waals surface area contributed by atoms with Crippen LogP contribution in [0.5, 0.6) is 5.75 Å². The summed E-state index contributed by atoms with van der Waals surface area (Å²) in [6.45, 7) is 2.83. The number of hydrogen-bond donors (Lipinski definition) is 4. The number of ketones is 1. The van der Waals surface area contributed by atoms with Gasteiger partial charge in [0, 0.05) is 33.9 Å². The maximum absolute atomic E-state index is 12.7. The Morgan fingerprint density at radius 2 is 1.71 bits per heavy atom. The van der Waals surface area contributed by atoms with Crippen LogP contribution in [0.15, 0.2) is 77.7 Å². The lowest BCUT2D eigenvalue weighted by Crippen LogP contribution is -2.41. The van der Waals surface area contributed by atoms with Crippen molar-refractivity contribution in [3.63, 3.8) is 0 Å². The number of fused-ring (bicyclic) bond motifs is 1. The number of amides is 2. The molecule has 1 aromatic heterocycles. The molecular weight excluding hydrogens is 446 g/mol. The van der Waals surface area contributed by atoms with Gasteiger partial charge in [-0.3, -0.25) is 19.2 Å². The third kappa shape index (κ3) is 4.96. The predicted octanol–water partition coefficient (Wildman–Crippen LogP) is 3.86. The van der Waals surface area contributed by atoms with E-state index in [1.54, 1.807) is 24.3 Å². The highest BCUT2D eigenvalue weighted by molar-refractivity contribution is 6.02. The van der Waals surface area contributed by atoms with Crippen LogP contribution in [0.1, 0.15) is 34.6 Å². The highest BCUT2D eigenvalue weighted by atomic mass is 16.3. The number of hydrogen-bond acceptors (Lipinski definition) is 5. The lowest BCUT2D eigenvalue weighted by atomic mass is 10.0. The highest BCUT2D eigenvalue weighted by Gasteiger charge is 2.18. The van der Waals surface area contributed by atoms with Crippen LogP contribution < -0.4 is 16.1 Å². The second kappa shape index (κ2) is 9.64. The molecule has 35 heavy (non-hydrogen) atoms. The minimum Gasteiger partial charge on any atom is -0.507 e. The van der Waals surface area contributed by atoms with Gasteiger partial charge in [-0.1, -0.05) is 30.3 Å². The third-order valence-electron chi connectivity index (χ3n) is 5.61. The highest BCUT2D eigenvalue weighted by Crippen LogP contribution is 2.29. The molecule has 0 spiro atoms. The molecule has 3 aromatic carbocycles. The van der Waals surface area contributed by atoms with Crippen molar-refractivity contribution in [1.82, 2.24) is 10.3 Å². The fourth-order valence-corrected chi connectivity index (χ4v) is 3.69. The zero-order valence-electron chi connectivity index (χ0n) is 19.1. The summed E-state index contributed by atoms with van der Waals surface area (Å²) in [6.07, 6.45) is 1.37. The average molecular weight is 469 g/mol. The number of aromatic amines is 1. The Morgan fingerprint density at radius 1 is 0.971 bits per heavy atom. The maximum Gasteiger partial charge on any atom is 0.252 e. The molecule has 0 saturated carbocycles. The Hall–Kier alpha value is -4.72. The lowest BCUT2D eigenvalue weighted by molar-refractivity contribution is -0.117. The van der Waals surface area contributed by atoms with Gasteiger partial charge in [-0.2, -0.15) is 0 Å². The van der Waals surface area contributed by atoms with Gasteiger partial charge in [0.2, 0.25) is 5.91 Å². The number of rotatable bonds is 6. The van der Waals surface area contributed by atoms with Crippen LogP contribution >= 0.6 is 0 Å². The monoisotopic (exact) mass is 469 g/mol. The zero-order valence-corrected chi connectivity index (χ0v) is 19.1. The Balaban J connectivity index is 1.46. The first-order valence-electron chi connectivity index (χ1n) is 10.9. The molecule has 176 valence electrons. The van der Waals surface area contributed by atoms with Crippen LogP contribution in [0.4, 0.5) is 5.69 Å². The summed E-state index contributed by atoms with van der Waals surface area (Å²) in [5, 5.41) is 15.9. The molecule has 0 aliphatic carbocycles. The van der Waals surface area contributed by atoms with E-state index in [0.29, 0.717) is 16.8 Å². The van der Waals surface area contributed by atoms with Gasteiger partial charge < -0.3 is 20.7 Å². The molecule has 1 atom stereocenters. The SMILES string of the molecule is CC(=O)c1c[nH]c2ccc(NC(=O)[C@H](C)NC(=O)c3ccc(-c4ccccc4)c(O)c3)cc2c1=O. The average Bonchev–Trinajstić information content (AvgIpc) is 2.84.